The summed E-state index contributed by atoms with van der Waals surface area (Å²) in [6.07, 6.45) is 6.33. The normalized spacial score (nSPS) is 19.8. The predicted octanol–water partition coefficient (Wildman–Crippen LogP) is 2.67. The molecule has 19 heavy (non-hydrogen) atoms. The van der Waals surface area contributed by atoms with Gasteiger partial charge in [-0.05, 0) is 12.8 Å². The molecule has 3 heteroatoms. The van der Waals surface area contributed by atoms with Gasteiger partial charge in [-0.3, -0.25) is 9.59 Å². The van der Waals surface area contributed by atoms with Gasteiger partial charge >= 0.3 is 0 Å². The zero-order valence-electron chi connectivity index (χ0n) is 10.9. The minimum atomic E-state index is -0.391. The molecular weight excluding hydrogens is 238 g/mol. The van der Waals surface area contributed by atoms with E-state index >= 15 is 0 Å². The molecule has 1 aliphatic carbocycles. The van der Waals surface area contributed by atoms with Gasteiger partial charge in [-0.25, -0.2) is 0 Å². The first kappa shape index (κ1) is 12.2. The minimum Gasteiger partial charge on any atom is -0.371 e. The van der Waals surface area contributed by atoms with Crippen LogP contribution in [0.2, 0.25) is 0 Å². The predicted molar refractivity (Wildman–Crippen MR) is 73.8 cm³/mol. The standard InChI is InChI=1S/C16H17NO2/c18-15-11-14(17-9-5-1-2-6-10-17)12-7-3-4-8-13(12)16(15)19/h3-4,7-8,11H,1-2,5-6,9-10H2. The van der Waals surface area contributed by atoms with Crippen LogP contribution in [0.1, 0.15) is 41.6 Å². The molecule has 3 rings (SSSR count). The van der Waals surface area contributed by atoms with Crippen molar-refractivity contribution in [2.75, 3.05) is 13.1 Å². The Balaban J connectivity index is 2.02. The summed E-state index contributed by atoms with van der Waals surface area (Å²) in [5, 5.41) is 0. The molecule has 3 nitrogen and oxygen atoms in total. The van der Waals surface area contributed by atoms with Crippen LogP contribution in [0.5, 0.6) is 0 Å². The van der Waals surface area contributed by atoms with Crippen LogP contribution in [0.3, 0.4) is 0 Å². The van der Waals surface area contributed by atoms with Gasteiger partial charge in [0.05, 0.1) is 0 Å². The van der Waals surface area contributed by atoms with Crippen molar-refractivity contribution in [2.45, 2.75) is 25.7 Å². The van der Waals surface area contributed by atoms with E-state index in [9.17, 15) is 9.59 Å². The summed E-state index contributed by atoms with van der Waals surface area (Å²) < 4.78 is 0. The Morgan fingerprint density at radius 2 is 1.47 bits per heavy atom. The van der Waals surface area contributed by atoms with Crippen LogP contribution < -0.4 is 0 Å². The molecule has 1 fully saturated rings. The lowest BCUT2D eigenvalue weighted by atomic mass is 9.92. The van der Waals surface area contributed by atoms with Gasteiger partial charge in [0.25, 0.3) is 0 Å². The molecule has 0 bridgehead atoms. The number of rotatable bonds is 1. The van der Waals surface area contributed by atoms with Gasteiger partial charge in [-0.1, -0.05) is 37.1 Å². The Labute approximate surface area is 112 Å². The Kier molecular flexibility index (Phi) is 3.20. The summed E-state index contributed by atoms with van der Waals surface area (Å²) in [7, 11) is 0. The number of allylic oxidation sites excluding steroid dienone is 1. The minimum absolute atomic E-state index is 0.380. The molecule has 0 aromatic heterocycles. The average molecular weight is 255 g/mol. The number of benzene rings is 1. The van der Waals surface area contributed by atoms with Crippen molar-refractivity contribution in [1.82, 2.24) is 4.90 Å². The number of fused-ring (bicyclic) bond motifs is 1. The molecule has 1 saturated heterocycles. The monoisotopic (exact) mass is 255 g/mol. The zero-order valence-corrected chi connectivity index (χ0v) is 10.9. The first-order chi connectivity index (χ1) is 9.27. The number of ketones is 2. The van der Waals surface area contributed by atoms with E-state index < -0.39 is 5.78 Å². The molecule has 0 radical (unpaired) electrons. The molecule has 1 aromatic rings. The number of hydrogen-bond acceptors (Lipinski definition) is 3. The van der Waals surface area contributed by atoms with Crippen molar-refractivity contribution in [1.29, 1.82) is 0 Å². The highest BCUT2D eigenvalue weighted by Crippen LogP contribution is 2.29. The number of carbonyl (C=O) groups excluding carboxylic acids is 2. The van der Waals surface area contributed by atoms with Crippen LogP contribution in [0.15, 0.2) is 30.3 Å². The molecule has 2 aliphatic rings. The topological polar surface area (TPSA) is 37.4 Å². The summed E-state index contributed by atoms with van der Waals surface area (Å²) >= 11 is 0. The van der Waals surface area contributed by atoms with E-state index in [1.165, 1.54) is 18.9 Å². The molecule has 1 aliphatic heterocycles. The SMILES string of the molecule is O=C1C=C(N2CCCCCC2)c2ccccc2C1=O. The van der Waals surface area contributed by atoms with Gasteiger partial charge in [0.15, 0.2) is 0 Å². The van der Waals surface area contributed by atoms with Crippen LogP contribution in [0, 0.1) is 0 Å². The molecule has 0 unspecified atom stereocenters. The van der Waals surface area contributed by atoms with Gasteiger partial charge in [0.1, 0.15) is 0 Å². The van der Waals surface area contributed by atoms with E-state index in [1.807, 2.05) is 18.2 Å². The first-order valence-corrected chi connectivity index (χ1v) is 6.92. The molecule has 1 aromatic carbocycles. The molecule has 0 saturated carbocycles. The molecule has 0 N–H and O–H groups in total. The van der Waals surface area contributed by atoms with Crippen LogP contribution in [-0.4, -0.2) is 29.6 Å². The number of hydrogen-bond donors (Lipinski definition) is 0. The summed E-state index contributed by atoms with van der Waals surface area (Å²) in [6, 6.07) is 7.43. The third-order valence-corrected chi connectivity index (χ3v) is 3.89. The van der Waals surface area contributed by atoms with Crippen molar-refractivity contribution >= 4 is 17.3 Å². The van der Waals surface area contributed by atoms with E-state index in [2.05, 4.69) is 4.90 Å². The quantitative estimate of drug-likeness (QED) is 0.724. The highest BCUT2D eigenvalue weighted by molar-refractivity contribution is 6.50. The third-order valence-electron chi connectivity index (χ3n) is 3.89. The number of carbonyl (C=O) groups is 2. The molecule has 98 valence electrons. The number of Topliss-reactive ketones (excluding diaryl/α,β-unsaturated/α-hetero) is 1. The van der Waals surface area contributed by atoms with E-state index in [-0.39, 0.29) is 5.78 Å². The second-order valence-electron chi connectivity index (χ2n) is 5.17. The lowest BCUT2D eigenvalue weighted by molar-refractivity contribution is -0.111. The maximum absolute atomic E-state index is 11.9. The maximum atomic E-state index is 11.9. The fourth-order valence-corrected chi connectivity index (χ4v) is 2.88. The molecular formula is C16H17NO2. The van der Waals surface area contributed by atoms with Crippen LogP contribution in [0.4, 0.5) is 0 Å². The van der Waals surface area contributed by atoms with Gasteiger partial charge < -0.3 is 4.90 Å². The van der Waals surface area contributed by atoms with Gasteiger partial charge in [-0.2, -0.15) is 0 Å². The lowest BCUT2D eigenvalue weighted by Crippen LogP contribution is -2.29. The van der Waals surface area contributed by atoms with Crippen molar-refractivity contribution < 1.29 is 9.59 Å². The second kappa shape index (κ2) is 5.00. The summed E-state index contributed by atoms with van der Waals surface area (Å²) in [6.45, 7) is 1.95. The molecule has 1 heterocycles. The second-order valence-corrected chi connectivity index (χ2v) is 5.17. The van der Waals surface area contributed by atoms with E-state index in [0.29, 0.717) is 5.56 Å². The summed E-state index contributed by atoms with van der Waals surface area (Å²) in [4.78, 5) is 26.0. The Bertz CT molecular complexity index is 552. The molecule has 0 amide bonds. The van der Waals surface area contributed by atoms with Crippen molar-refractivity contribution in [2.24, 2.45) is 0 Å². The highest BCUT2D eigenvalue weighted by atomic mass is 16.2. The third kappa shape index (κ3) is 2.21. The van der Waals surface area contributed by atoms with Gasteiger partial charge in [-0.15, -0.1) is 0 Å². The highest BCUT2D eigenvalue weighted by Gasteiger charge is 2.28. The average Bonchev–Trinajstić information content (AvgIpc) is 2.72. The van der Waals surface area contributed by atoms with Gasteiger partial charge in [0.2, 0.25) is 11.6 Å². The summed E-state index contributed by atoms with van der Waals surface area (Å²) in [5.41, 5.74) is 2.39. The van der Waals surface area contributed by atoms with E-state index in [4.69, 9.17) is 0 Å². The van der Waals surface area contributed by atoms with E-state index in [0.717, 1.165) is 37.2 Å². The Morgan fingerprint density at radius 1 is 0.842 bits per heavy atom. The Hall–Kier alpha value is -1.90. The summed E-state index contributed by atoms with van der Waals surface area (Å²) in [5.74, 6) is -0.771. The van der Waals surface area contributed by atoms with Crippen molar-refractivity contribution in [3.63, 3.8) is 0 Å². The molecule has 0 atom stereocenters. The maximum Gasteiger partial charge on any atom is 0.233 e. The zero-order chi connectivity index (χ0) is 13.2. The fourth-order valence-electron chi connectivity index (χ4n) is 2.88. The van der Waals surface area contributed by atoms with Crippen LogP contribution in [-0.2, 0) is 4.79 Å². The number of likely N-dealkylation sites (tertiary alicyclic amines) is 1. The van der Waals surface area contributed by atoms with E-state index in [1.54, 1.807) is 6.07 Å². The fraction of sp³-hybridized carbons (Fsp3) is 0.375. The molecule has 0 spiro atoms. The first-order valence-electron chi connectivity index (χ1n) is 6.92. The lowest BCUT2D eigenvalue weighted by Gasteiger charge is -2.28. The number of nitrogens with zero attached hydrogens (tertiary/aromatic N) is 1. The van der Waals surface area contributed by atoms with Crippen molar-refractivity contribution in [3.05, 3.63) is 41.5 Å². The van der Waals surface area contributed by atoms with Crippen molar-refractivity contribution in [3.8, 4) is 0 Å². The smallest absolute Gasteiger partial charge is 0.233 e. The Morgan fingerprint density at radius 3 is 2.16 bits per heavy atom. The van der Waals surface area contributed by atoms with Crippen LogP contribution in [0.25, 0.3) is 5.70 Å². The van der Waals surface area contributed by atoms with Crippen LogP contribution >= 0.6 is 0 Å². The van der Waals surface area contributed by atoms with Gasteiger partial charge in [0, 0.05) is 36.0 Å². The largest absolute Gasteiger partial charge is 0.371 e.